The van der Waals surface area contributed by atoms with Gasteiger partial charge in [0.25, 0.3) is 0 Å². The van der Waals surface area contributed by atoms with Crippen molar-refractivity contribution in [2.24, 2.45) is 0 Å². The summed E-state index contributed by atoms with van der Waals surface area (Å²) >= 11 is 0. The Morgan fingerprint density at radius 3 is 2.11 bits per heavy atom. The molecule has 0 spiro atoms. The quantitative estimate of drug-likeness (QED) is 0.447. The number of carbonyl (C=O) groups is 2. The highest BCUT2D eigenvalue weighted by Crippen LogP contribution is 2.12. The third-order valence-electron chi connectivity index (χ3n) is 2.25. The molecule has 19 heavy (non-hydrogen) atoms. The molecule has 0 aliphatic heterocycles. The van der Waals surface area contributed by atoms with Gasteiger partial charge in [0.2, 0.25) is 0 Å². The Hall–Kier alpha value is -1.16. The van der Waals surface area contributed by atoms with E-state index < -0.39 is 0 Å². The van der Waals surface area contributed by atoms with E-state index in [1.54, 1.807) is 20.1 Å². The van der Waals surface area contributed by atoms with E-state index in [0.29, 0.717) is 25.4 Å². The second-order valence-electron chi connectivity index (χ2n) is 4.07. The number of esters is 1. The highest BCUT2D eigenvalue weighted by molar-refractivity contribution is 5.78. The molecule has 1 aliphatic carbocycles. The van der Waals surface area contributed by atoms with Crippen LogP contribution in [-0.2, 0) is 19.1 Å². The van der Waals surface area contributed by atoms with Gasteiger partial charge in [-0.1, -0.05) is 19.4 Å². The number of ether oxygens (including phenoxy) is 2. The monoisotopic (exact) mass is 272 g/mol. The van der Waals surface area contributed by atoms with Gasteiger partial charge in [-0.2, -0.15) is 0 Å². The lowest BCUT2D eigenvalue weighted by molar-refractivity contribution is -0.144. The lowest BCUT2D eigenvalue weighted by Gasteiger charge is -2.05. The van der Waals surface area contributed by atoms with Crippen LogP contribution in [-0.4, -0.2) is 32.1 Å². The molecule has 1 fully saturated rings. The Balaban J connectivity index is 0. The second kappa shape index (κ2) is 16.8. The second-order valence-corrected chi connectivity index (χ2v) is 4.07. The van der Waals surface area contributed by atoms with E-state index >= 15 is 0 Å². The van der Waals surface area contributed by atoms with Crippen molar-refractivity contribution in [1.82, 2.24) is 0 Å². The summed E-state index contributed by atoms with van der Waals surface area (Å²) in [7, 11) is 1.57. The number of allylic oxidation sites excluding steroid dienone is 1. The fourth-order valence-corrected chi connectivity index (χ4v) is 1.29. The standard InChI is InChI=1S/C6H12O3.C6H10O.C3H6/c1-3-6(7)9-5-4-8-2;7-6-4-2-1-3-5-6;1-3-2/h3-5H2,1-2H3;1-5H2;3H,1H2,2H3. The molecule has 0 aromatic rings. The van der Waals surface area contributed by atoms with E-state index in [1.165, 1.54) is 6.42 Å². The normalized spacial score (nSPS) is 13.3. The van der Waals surface area contributed by atoms with E-state index in [0.717, 1.165) is 25.7 Å². The van der Waals surface area contributed by atoms with Crippen molar-refractivity contribution in [3.05, 3.63) is 12.7 Å². The zero-order valence-electron chi connectivity index (χ0n) is 12.6. The predicted octanol–water partition coefficient (Wildman–Crippen LogP) is 3.30. The molecular weight excluding hydrogens is 244 g/mol. The summed E-state index contributed by atoms with van der Waals surface area (Å²) in [6.07, 6.45) is 7.42. The Kier molecular flexibility index (Phi) is 17.9. The summed E-state index contributed by atoms with van der Waals surface area (Å²) < 4.78 is 9.33. The van der Waals surface area contributed by atoms with E-state index in [2.05, 4.69) is 16.1 Å². The Morgan fingerprint density at radius 1 is 1.26 bits per heavy atom. The number of hydrogen-bond acceptors (Lipinski definition) is 4. The maximum Gasteiger partial charge on any atom is 0.305 e. The first kappa shape index (κ1) is 20.2. The van der Waals surface area contributed by atoms with Crippen molar-refractivity contribution in [2.45, 2.75) is 52.4 Å². The van der Waals surface area contributed by atoms with Gasteiger partial charge in [-0.25, -0.2) is 0 Å². The average Bonchev–Trinajstić information content (AvgIpc) is 2.41. The number of hydrogen-bond donors (Lipinski definition) is 0. The van der Waals surface area contributed by atoms with Crippen LogP contribution in [0.5, 0.6) is 0 Å². The van der Waals surface area contributed by atoms with Gasteiger partial charge >= 0.3 is 5.97 Å². The molecule has 0 unspecified atom stereocenters. The van der Waals surface area contributed by atoms with Gasteiger partial charge in [0, 0.05) is 26.4 Å². The maximum atomic E-state index is 10.5. The molecule has 0 atom stereocenters. The first-order chi connectivity index (χ1) is 9.12. The van der Waals surface area contributed by atoms with Gasteiger partial charge in [-0.05, 0) is 19.8 Å². The van der Waals surface area contributed by atoms with Crippen LogP contribution in [0.2, 0.25) is 0 Å². The molecular formula is C15H28O4. The molecule has 0 aromatic heterocycles. The van der Waals surface area contributed by atoms with Gasteiger partial charge in [-0.3, -0.25) is 9.59 Å². The fourth-order valence-electron chi connectivity index (χ4n) is 1.29. The Labute approximate surface area is 117 Å². The fraction of sp³-hybridized carbons (Fsp3) is 0.733. The summed E-state index contributed by atoms with van der Waals surface area (Å²) in [5.41, 5.74) is 0. The Morgan fingerprint density at radius 2 is 1.79 bits per heavy atom. The van der Waals surface area contributed by atoms with Gasteiger partial charge < -0.3 is 9.47 Å². The minimum Gasteiger partial charge on any atom is -0.463 e. The smallest absolute Gasteiger partial charge is 0.305 e. The molecule has 0 aromatic carbocycles. The first-order valence-corrected chi connectivity index (χ1v) is 6.85. The van der Waals surface area contributed by atoms with Gasteiger partial charge in [0.1, 0.15) is 12.4 Å². The van der Waals surface area contributed by atoms with Crippen molar-refractivity contribution in [3.63, 3.8) is 0 Å². The summed E-state index contributed by atoms with van der Waals surface area (Å²) in [5, 5.41) is 0. The minimum absolute atomic E-state index is 0.174. The number of methoxy groups -OCH3 is 1. The molecule has 4 heteroatoms. The topological polar surface area (TPSA) is 52.6 Å². The summed E-state index contributed by atoms with van der Waals surface area (Å²) in [6.45, 7) is 7.85. The third kappa shape index (κ3) is 19.4. The van der Waals surface area contributed by atoms with Crippen molar-refractivity contribution in [2.75, 3.05) is 20.3 Å². The van der Waals surface area contributed by atoms with Crippen LogP contribution in [0.4, 0.5) is 0 Å². The number of ketones is 1. The highest BCUT2D eigenvalue weighted by Gasteiger charge is 2.05. The zero-order valence-corrected chi connectivity index (χ0v) is 12.6. The van der Waals surface area contributed by atoms with Gasteiger partial charge in [0.15, 0.2) is 0 Å². The van der Waals surface area contributed by atoms with Crippen LogP contribution in [0.25, 0.3) is 0 Å². The van der Waals surface area contributed by atoms with Crippen LogP contribution < -0.4 is 0 Å². The lowest BCUT2D eigenvalue weighted by atomic mass is 10.00. The molecule has 1 rings (SSSR count). The summed E-state index contributed by atoms with van der Waals surface area (Å²) in [6, 6.07) is 0. The molecule has 1 saturated carbocycles. The van der Waals surface area contributed by atoms with E-state index in [1.807, 2.05) is 6.92 Å². The van der Waals surface area contributed by atoms with Crippen molar-refractivity contribution < 1.29 is 19.1 Å². The van der Waals surface area contributed by atoms with E-state index in [4.69, 9.17) is 0 Å². The van der Waals surface area contributed by atoms with E-state index in [9.17, 15) is 9.59 Å². The van der Waals surface area contributed by atoms with Crippen LogP contribution in [0.1, 0.15) is 52.4 Å². The predicted molar refractivity (Wildman–Crippen MR) is 77.1 cm³/mol. The molecule has 1 aliphatic rings. The van der Waals surface area contributed by atoms with Crippen LogP contribution in [0, 0.1) is 0 Å². The summed E-state index contributed by atoms with van der Waals surface area (Å²) in [5.74, 6) is 0.290. The zero-order chi connectivity index (χ0) is 14.9. The maximum absolute atomic E-state index is 10.5. The van der Waals surface area contributed by atoms with Crippen LogP contribution in [0.15, 0.2) is 12.7 Å². The average molecular weight is 272 g/mol. The van der Waals surface area contributed by atoms with Gasteiger partial charge in [-0.15, -0.1) is 6.58 Å². The molecule has 0 N–H and O–H groups in total. The number of carbonyl (C=O) groups excluding carboxylic acids is 2. The third-order valence-corrected chi connectivity index (χ3v) is 2.25. The molecule has 0 radical (unpaired) electrons. The lowest BCUT2D eigenvalue weighted by Crippen LogP contribution is -2.07. The first-order valence-electron chi connectivity index (χ1n) is 6.85. The molecule has 0 saturated heterocycles. The molecule has 0 amide bonds. The SMILES string of the molecule is C=CC.CCC(=O)OCCOC.O=C1CCCCC1. The highest BCUT2D eigenvalue weighted by atomic mass is 16.6. The molecule has 0 bridgehead atoms. The molecule has 0 heterocycles. The number of Topliss-reactive ketones (excluding diaryl/α,β-unsaturated/α-hetero) is 1. The Bertz CT molecular complexity index is 228. The van der Waals surface area contributed by atoms with E-state index in [-0.39, 0.29) is 5.97 Å². The molecule has 4 nitrogen and oxygen atoms in total. The van der Waals surface area contributed by atoms with Crippen molar-refractivity contribution >= 4 is 11.8 Å². The number of rotatable bonds is 4. The van der Waals surface area contributed by atoms with Crippen LogP contribution >= 0.6 is 0 Å². The van der Waals surface area contributed by atoms with Gasteiger partial charge in [0.05, 0.1) is 6.61 Å². The largest absolute Gasteiger partial charge is 0.463 e. The van der Waals surface area contributed by atoms with Crippen molar-refractivity contribution in [3.8, 4) is 0 Å². The molecule has 112 valence electrons. The summed E-state index contributed by atoms with van der Waals surface area (Å²) in [4.78, 5) is 20.9. The van der Waals surface area contributed by atoms with Crippen LogP contribution in [0.3, 0.4) is 0 Å². The minimum atomic E-state index is -0.174. The van der Waals surface area contributed by atoms with Crippen molar-refractivity contribution in [1.29, 1.82) is 0 Å².